The van der Waals surface area contributed by atoms with Gasteiger partial charge in [-0.2, -0.15) is 17.4 Å². The maximum absolute atomic E-state index is 12.3. The fourth-order valence-electron chi connectivity index (χ4n) is 1.98. The summed E-state index contributed by atoms with van der Waals surface area (Å²) in [5, 5.41) is 12.2. The molecule has 0 aliphatic carbocycles. The van der Waals surface area contributed by atoms with Crippen molar-refractivity contribution in [3.05, 3.63) is 65.9 Å². The van der Waals surface area contributed by atoms with Crippen LogP contribution in [0.25, 0.3) is 5.70 Å². The van der Waals surface area contributed by atoms with Gasteiger partial charge in [0.15, 0.2) is 12.4 Å². The van der Waals surface area contributed by atoms with Crippen LogP contribution in [0, 0.1) is 13.8 Å². The second-order valence-electron chi connectivity index (χ2n) is 5.41. The fraction of sp³-hybridized carbons (Fsp3) is 0.222. The molecule has 2 rings (SSSR count). The molecule has 0 aliphatic heterocycles. The van der Waals surface area contributed by atoms with E-state index in [1.54, 1.807) is 43.6 Å². The topological polar surface area (TPSA) is 82.7 Å². The average molecular weight is 360 g/mol. The largest absolute Gasteiger partial charge is 0.609 e. The summed E-state index contributed by atoms with van der Waals surface area (Å²) in [6, 6.07) is 9.92. The van der Waals surface area contributed by atoms with Crippen molar-refractivity contribution in [3.63, 3.8) is 0 Å². The van der Waals surface area contributed by atoms with Gasteiger partial charge in [0, 0.05) is 12.1 Å². The summed E-state index contributed by atoms with van der Waals surface area (Å²) >= 11 is 0. The second kappa shape index (κ2) is 7.94. The molecule has 0 atom stereocenters. The number of sulfonamides is 1. The molecule has 0 fully saturated rings. The van der Waals surface area contributed by atoms with Gasteiger partial charge >= 0.3 is 0 Å². The number of allylic oxidation sites excluding steroid dienone is 1. The van der Waals surface area contributed by atoms with Gasteiger partial charge < -0.3 is 9.84 Å². The molecule has 1 aromatic heterocycles. The Hall–Kier alpha value is -2.67. The van der Waals surface area contributed by atoms with Gasteiger partial charge in [0.1, 0.15) is 12.2 Å². The van der Waals surface area contributed by atoms with Crippen molar-refractivity contribution in [2.75, 3.05) is 6.61 Å². The van der Waals surface area contributed by atoms with Crippen molar-refractivity contribution in [2.24, 2.45) is 4.40 Å². The summed E-state index contributed by atoms with van der Waals surface area (Å²) in [6.45, 7) is 5.62. The number of hydrogen-bond acceptors (Lipinski definition) is 4. The first-order valence-electron chi connectivity index (χ1n) is 7.73. The molecule has 2 aromatic rings. The molecule has 132 valence electrons. The zero-order chi connectivity index (χ0) is 18.4. The smallest absolute Gasteiger partial charge is 0.282 e. The number of ether oxygens (including phenoxy) is 1. The van der Waals surface area contributed by atoms with E-state index in [0.29, 0.717) is 0 Å². The van der Waals surface area contributed by atoms with Crippen LogP contribution in [0.15, 0.2) is 64.0 Å². The van der Waals surface area contributed by atoms with Gasteiger partial charge in [-0.15, -0.1) is 0 Å². The zero-order valence-corrected chi connectivity index (χ0v) is 15.2. The number of rotatable bonds is 6. The lowest BCUT2D eigenvalue weighted by Gasteiger charge is -2.12. The van der Waals surface area contributed by atoms with Crippen molar-refractivity contribution >= 4 is 21.9 Å². The van der Waals surface area contributed by atoms with E-state index in [1.807, 2.05) is 13.8 Å². The molecule has 0 aliphatic rings. The Bertz CT molecular complexity index is 884. The van der Waals surface area contributed by atoms with E-state index in [9.17, 15) is 13.5 Å². The summed E-state index contributed by atoms with van der Waals surface area (Å²) in [5.41, 5.74) is 1.96. The van der Waals surface area contributed by atoms with Gasteiger partial charge in [-0.3, -0.25) is 0 Å². The van der Waals surface area contributed by atoms with Crippen LogP contribution in [0.2, 0.25) is 0 Å². The van der Waals surface area contributed by atoms with Crippen molar-refractivity contribution in [3.8, 4) is 0 Å². The van der Waals surface area contributed by atoms with E-state index >= 15 is 0 Å². The molecule has 0 unspecified atom stereocenters. The monoisotopic (exact) mass is 360 g/mol. The first kappa shape index (κ1) is 18.7. The van der Waals surface area contributed by atoms with Gasteiger partial charge in [0.05, 0.1) is 4.90 Å². The Morgan fingerprint density at radius 1 is 1.12 bits per heavy atom. The van der Waals surface area contributed by atoms with Crippen LogP contribution in [-0.4, -0.2) is 21.2 Å². The molecule has 6 nitrogen and oxygen atoms in total. The lowest BCUT2D eigenvalue weighted by atomic mass is 10.2. The minimum Gasteiger partial charge on any atom is -0.609 e. The van der Waals surface area contributed by atoms with Crippen LogP contribution in [-0.2, 0) is 14.8 Å². The molecule has 0 saturated heterocycles. The fourth-order valence-corrected chi connectivity index (χ4v) is 2.82. The number of aryl methyl sites for hydroxylation is 2. The highest BCUT2D eigenvalue weighted by atomic mass is 32.2. The standard InChI is InChI=1S/C18H20N2O4S/c1-4-24-18(21)17(20-11-9-15(3)10-12-20)13-19-25(22,23)16-7-5-14(2)6-8-16/h5-13H,4H2,1-3H3. The van der Waals surface area contributed by atoms with Crippen LogP contribution in [0.1, 0.15) is 18.1 Å². The van der Waals surface area contributed by atoms with E-state index in [2.05, 4.69) is 4.40 Å². The molecule has 0 amide bonds. The highest BCUT2D eigenvalue weighted by molar-refractivity contribution is 7.90. The number of nitrogens with zero attached hydrogens (tertiary/aromatic N) is 2. The lowest BCUT2D eigenvalue weighted by molar-refractivity contribution is -0.583. The van der Waals surface area contributed by atoms with Gasteiger partial charge in [-0.1, -0.05) is 24.6 Å². The Kier molecular flexibility index (Phi) is 5.93. The summed E-state index contributed by atoms with van der Waals surface area (Å²) in [5.74, 6) is -0.654. The van der Waals surface area contributed by atoms with Crippen molar-refractivity contribution in [1.29, 1.82) is 0 Å². The zero-order valence-electron chi connectivity index (χ0n) is 14.3. The van der Waals surface area contributed by atoms with E-state index < -0.39 is 16.0 Å². The van der Waals surface area contributed by atoms with Gasteiger partial charge in [0.2, 0.25) is 0 Å². The third-order valence-electron chi connectivity index (χ3n) is 3.39. The first-order valence-corrected chi connectivity index (χ1v) is 9.17. The predicted octanol–water partition coefficient (Wildman–Crippen LogP) is 1.57. The number of pyridine rings is 1. The summed E-state index contributed by atoms with van der Waals surface area (Å²) in [7, 11) is -3.91. The molecular weight excluding hydrogens is 340 g/mol. The van der Waals surface area contributed by atoms with Crippen molar-refractivity contribution < 1.29 is 22.8 Å². The molecule has 0 N–H and O–H groups in total. The molecule has 25 heavy (non-hydrogen) atoms. The average Bonchev–Trinajstić information content (AvgIpc) is 2.57. The van der Waals surface area contributed by atoms with Crippen molar-refractivity contribution in [2.45, 2.75) is 25.7 Å². The Labute approximate surface area is 147 Å². The van der Waals surface area contributed by atoms with Crippen LogP contribution >= 0.6 is 0 Å². The maximum atomic E-state index is 12.3. The highest BCUT2D eigenvalue weighted by Gasteiger charge is 2.15. The van der Waals surface area contributed by atoms with E-state index in [-0.39, 0.29) is 17.2 Å². The molecular formula is C18H20N2O4S. The summed E-state index contributed by atoms with van der Waals surface area (Å²) in [4.78, 5) is 0.0615. The van der Waals surface area contributed by atoms with Crippen LogP contribution in [0.5, 0.6) is 0 Å². The minimum absolute atomic E-state index is 0.0116. The Morgan fingerprint density at radius 3 is 2.24 bits per heavy atom. The highest BCUT2D eigenvalue weighted by Crippen LogP contribution is 2.13. The van der Waals surface area contributed by atoms with Crippen LogP contribution < -0.4 is 9.67 Å². The normalized spacial score (nSPS) is 12.9. The van der Waals surface area contributed by atoms with Gasteiger partial charge in [0.25, 0.3) is 15.7 Å². The number of aromatic nitrogens is 1. The number of benzene rings is 1. The van der Waals surface area contributed by atoms with E-state index in [1.165, 1.54) is 16.7 Å². The third-order valence-corrected chi connectivity index (χ3v) is 4.64. The SMILES string of the molecule is CCO/C([O-])=C(\C=N\S(=O)(=O)c1ccc(C)cc1)[n+]1ccc(C)cc1. The van der Waals surface area contributed by atoms with Gasteiger partial charge in [-0.05, 0) is 38.2 Å². The second-order valence-corrected chi connectivity index (χ2v) is 7.04. The maximum Gasteiger partial charge on any atom is 0.282 e. The minimum atomic E-state index is -3.91. The molecule has 0 bridgehead atoms. The van der Waals surface area contributed by atoms with Crippen LogP contribution in [0.4, 0.5) is 0 Å². The molecule has 1 aromatic carbocycles. The summed E-state index contributed by atoms with van der Waals surface area (Å²) < 4.78 is 34.8. The molecule has 0 saturated carbocycles. The number of hydrogen-bond donors (Lipinski definition) is 0. The van der Waals surface area contributed by atoms with E-state index in [4.69, 9.17) is 4.74 Å². The van der Waals surface area contributed by atoms with Gasteiger partial charge in [-0.25, -0.2) is 0 Å². The van der Waals surface area contributed by atoms with E-state index in [0.717, 1.165) is 17.3 Å². The quantitative estimate of drug-likeness (QED) is 0.445. The molecule has 0 radical (unpaired) electrons. The van der Waals surface area contributed by atoms with Crippen LogP contribution in [0.3, 0.4) is 0 Å². The first-order chi connectivity index (χ1) is 11.8. The molecule has 1 heterocycles. The molecule has 7 heteroatoms. The third kappa shape index (κ3) is 4.90. The Morgan fingerprint density at radius 2 is 1.68 bits per heavy atom. The van der Waals surface area contributed by atoms with Crippen molar-refractivity contribution in [1.82, 2.24) is 0 Å². The molecule has 0 spiro atoms. The Balaban J connectivity index is 2.42. The summed E-state index contributed by atoms with van der Waals surface area (Å²) in [6.07, 6.45) is 4.31. The predicted molar refractivity (Wildman–Crippen MR) is 93.1 cm³/mol. The lowest BCUT2D eigenvalue weighted by Crippen LogP contribution is -2.36.